The van der Waals surface area contributed by atoms with E-state index in [1.165, 1.54) is 21.5 Å². The van der Waals surface area contributed by atoms with Crippen molar-refractivity contribution >= 4 is 27.3 Å². The van der Waals surface area contributed by atoms with E-state index >= 15 is 0 Å². The van der Waals surface area contributed by atoms with E-state index in [1.54, 1.807) is 0 Å². The van der Waals surface area contributed by atoms with Crippen molar-refractivity contribution < 1.29 is 4.79 Å². The summed E-state index contributed by atoms with van der Waals surface area (Å²) >= 11 is 0. The average molecular weight is 461 g/mol. The summed E-state index contributed by atoms with van der Waals surface area (Å²) in [6.07, 6.45) is 1.75. The first kappa shape index (κ1) is 20.8. The van der Waals surface area contributed by atoms with Crippen molar-refractivity contribution in [3.8, 4) is 22.3 Å². The van der Waals surface area contributed by atoms with Crippen LogP contribution >= 0.6 is 0 Å². The molecule has 0 saturated heterocycles. The summed E-state index contributed by atoms with van der Waals surface area (Å²) in [4.78, 5) is 14.0. The van der Waals surface area contributed by atoms with Crippen molar-refractivity contribution in [1.82, 2.24) is 0 Å². The highest BCUT2D eigenvalue weighted by atomic mass is 16.1. The van der Waals surface area contributed by atoms with Gasteiger partial charge in [0.25, 0.3) is 0 Å². The normalized spacial score (nSPS) is 12.8. The highest BCUT2D eigenvalue weighted by Crippen LogP contribution is 2.35. The molecule has 0 spiro atoms. The van der Waals surface area contributed by atoms with Crippen LogP contribution < -0.4 is 0 Å². The lowest BCUT2D eigenvalue weighted by Gasteiger charge is -2.12. The van der Waals surface area contributed by atoms with Crippen molar-refractivity contribution in [1.29, 1.82) is 0 Å². The third-order valence-corrected chi connectivity index (χ3v) is 7.57. The smallest absolute Gasteiger partial charge is 0.193 e. The van der Waals surface area contributed by atoms with E-state index in [-0.39, 0.29) is 5.78 Å². The van der Waals surface area contributed by atoms with Gasteiger partial charge in [-0.2, -0.15) is 0 Å². The maximum Gasteiger partial charge on any atom is 0.193 e. The molecule has 0 unspecified atom stereocenters. The fraction of sp³-hybridized carbons (Fsp3) is 0.0571. The molecule has 170 valence electrons. The zero-order valence-electron chi connectivity index (χ0n) is 19.9. The Kier molecular flexibility index (Phi) is 4.82. The first-order valence-electron chi connectivity index (χ1n) is 12.5. The van der Waals surface area contributed by atoms with Gasteiger partial charge >= 0.3 is 0 Å². The van der Waals surface area contributed by atoms with Crippen LogP contribution in [0.25, 0.3) is 43.8 Å². The molecule has 7 rings (SSSR count). The molecule has 0 atom stereocenters. The Hall–Kier alpha value is -4.49. The number of hydrogen-bond donors (Lipinski definition) is 0. The van der Waals surface area contributed by atoms with Crippen molar-refractivity contribution in [2.45, 2.75) is 12.8 Å². The lowest BCUT2D eigenvalue weighted by atomic mass is 9.91. The molecule has 0 aliphatic heterocycles. The summed E-state index contributed by atoms with van der Waals surface area (Å²) in [7, 11) is 0. The van der Waals surface area contributed by atoms with Gasteiger partial charge < -0.3 is 0 Å². The molecule has 0 saturated carbocycles. The van der Waals surface area contributed by atoms with E-state index in [1.807, 2.05) is 0 Å². The lowest BCUT2D eigenvalue weighted by Crippen LogP contribution is -2.05. The SMILES string of the molecule is O=C1c2cc(-c3cccc4ccccc34)ccc2CCc2ccc(-c3cccc4ccccc34)cc21. The molecule has 0 fully saturated rings. The molecule has 1 nitrogen and oxygen atoms in total. The van der Waals surface area contributed by atoms with Crippen LogP contribution in [0, 0.1) is 0 Å². The average Bonchev–Trinajstić information content (AvgIpc) is 3.08. The van der Waals surface area contributed by atoms with E-state index in [0.717, 1.165) is 57.3 Å². The zero-order valence-corrected chi connectivity index (χ0v) is 19.9. The summed E-state index contributed by atoms with van der Waals surface area (Å²) in [5.74, 6) is 0.127. The summed E-state index contributed by atoms with van der Waals surface area (Å²) in [5, 5.41) is 4.84. The summed E-state index contributed by atoms with van der Waals surface area (Å²) in [5.41, 5.74) is 8.43. The molecule has 1 heteroatoms. The second-order valence-corrected chi connectivity index (χ2v) is 9.63. The predicted octanol–water partition coefficient (Wildman–Crippen LogP) is 8.66. The standard InChI is InChI=1S/C35H24O/c36-35-33-21-27(31-13-5-9-23-7-1-3-11-29(23)31)19-17-25(33)15-16-26-18-20-28(22-34(26)35)32-14-6-10-24-8-2-4-12-30(24)32/h1-14,17-22H,15-16H2. The number of hydrogen-bond acceptors (Lipinski definition) is 1. The maximum absolute atomic E-state index is 14.0. The molecular weight excluding hydrogens is 436 g/mol. The molecule has 36 heavy (non-hydrogen) atoms. The summed E-state index contributed by atoms with van der Waals surface area (Å²) in [6.45, 7) is 0. The minimum absolute atomic E-state index is 0.127. The largest absolute Gasteiger partial charge is 0.289 e. The van der Waals surface area contributed by atoms with E-state index < -0.39 is 0 Å². The molecule has 0 aromatic heterocycles. The van der Waals surface area contributed by atoms with Crippen molar-refractivity contribution in [2.75, 3.05) is 0 Å². The summed E-state index contributed by atoms with van der Waals surface area (Å²) in [6, 6.07) is 42.5. The molecule has 0 amide bonds. The first-order chi connectivity index (χ1) is 17.8. The molecule has 6 aromatic rings. The Balaban J connectivity index is 1.36. The van der Waals surface area contributed by atoms with Gasteiger partial charge in [-0.25, -0.2) is 0 Å². The minimum atomic E-state index is 0.127. The van der Waals surface area contributed by atoms with Gasteiger partial charge in [0.1, 0.15) is 0 Å². The van der Waals surface area contributed by atoms with Crippen LogP contribution in [0.1, 0.15) is 27.0 Å². The van der Waals surface area contributed by atoms with Crippen molar-refractivity contribution in [2.24, 2.45) is 0 Å². The Morgan fingerprint density at radius 3 is 1.36 bits per heavy atom. The van der Waals surface area contributed by atoms with E-state index in [9.17, 15) is 4.79 Å². The third-order valence-electron chi connectivity index (χ3n) is 7.57. The molecule has 0 heterocycles. The third kappa shape index (κ3) is 3.36. The highest BCUT2D eigenvalue weighted by Gasteiger charge is 2.23. The van der Waals surface area contributed by atoms with Crippen LogP contribution in [0.4, 0.5) is 0 Å². The number of ketones is 1. The number of carbonyl (C=O) groups excluding carboxylic acids is 1. The van der Waals surface area contributed by atoms with Crippen LogP contribution in [0.5, 0.6) is 0 Å². The monoisotopic (exact) mass is 460 g/mol. The lowest BCUT2D eigenvalue weighted by molar-refractivity contribution is 0.103. The Morgan fingerprint density at radius 2 is 0.861 bits per heavy atom. The van der Waals surface area contributed by atoms with Gasteiger partial charge in [0.15, 0.2) is 5.78 Å². The number of fused-ring (bicyclic) bond motifs is 4. The van der Waals surface area contributed by atoms with Gasteiger partial charge in [-0.05, 0) is 79.9 Å². The van der Waals surface area contributed by atoms with E-state index in [4.69, 9.17) is 0 Å². The maximum atomic E-state index is 14.0. The van der Waals surface area contributed by atoms with Gasteiger partial charge in [-0.1, -0.05) is 109 Å². The molecule has 1 aliphatic rings. The van der Waals surface area contributed by atoms with Gasteiger partial charge in [-0.3, -0.25) is 4.79 Å². The van der Waals surface area contributed by atoms with Crippen LogP contribution in [-0.2, 0) is 12.8 Å². The van der Waals surface area contributed by atoms with Gasteiger partial charge in [0.05, 0.1) is 0 Å². The Labute approximate surface area is 210 Å². The second kappa shape index (κ2) is 8.32. The fourth-order valence-electron chi connectivity index (χ4n) is 5.72. The van der Waals surface area contributed by atoms with Crippen molar-refractivity contribution in [3.63, 3.8) is 0 Å². The molecule has 1 aliphatic carbocycles. The predicted molar refractivity (Wildman–Crippen MR) is 150 cm³/mol. The van der Waals surface area contributed by atoms with E-state index in [0.29, 0.717) is 0 Å². The highest BCUT2D eigenvalue weighted by molar-refractivity contribution is 6.13. The fourth-order valence-corrected chi connectivity index (χ4v) is 5.72. The van der Waals surface area contributed by atoms with E-state index in [2.05, 4.69) is 121 Å². The van der Waals surface area contributed by atoms with Gasteiger partial charge in [-0.15, -0.1) is 0 Å². The number of aryl methyl sites for hydroxylation is 2. The molecular formula is C35H24O. The zero-order chi connectivity index (χ0) is 24.1. The minimum Gasteiger partial charge on any atom is -0.289 e. The van der Waals surface area contributed by atoms with Crippen LogP contribution in [0.15, 0.2) is 121 Å². The number of carbonyl (C=O) groups is 1. The van der Waals surface area contributed by atoms with Crippen LogP contribution in [-0.4, -0.2) is 5.78 Å². The topological polar surface area (TPSA) is 17.1 Å². The Morgan fingerprint density at radius 1 is 0.417 bits per heavy atom. The Bertz CT molecular complexity index is 1660. The molecule has 0 bridgehead atoms. The molecule has 0 radical (unpaired) electrons. The van der Waals surface area contributed by atoms with Gasteiger partial charge in [0, 0.05) is 11.1 Å². The molecule has 6 aromatic carbocycles. The quantitative estimate of drug-likeness (QED) is 0.253. The van der Waals surface area contributed by atoms with Crippen molar-refractivity contribution in [3.05, 3.63) is 144 Å². The van der Waals surface area contributed by atoms with Gasteiger partial charge in [0.2, 0.25) is 0 Å². The molecule has 0 N–H and O–H groups in total. The first-order valence-corrected chi connectivity index (χ1v) is 12.5. The van der Waals surface area contributed by atoms with Crippen LogP contribution in [0.2, 0.25) is 0 Å². The second-order valence-electron chi connectivity index (χ2n) is 9.63. The number of rotatable bonds is 2. The summed E-state index contributed by atoms with van der Waals surface area (Å²) < 4.78 is 0. The van der Waals surface area contributed by atoms with Crippen LogP contribution in [0.3, 0.4) is 0 Å². The number of benzene rings is 6.